The molecule has 138 valence electrons. The van der Waals surface area contributed by atoms with E-state index in [1.165, 1.54) is 36.8 Å². The highest BCUT2D eigenvalue weighted by Crippen LogP contribution is 2.05. The van der Waals surface area contributed by atoms with E-state index in [0.717, 1.165) is 51.9 Å². The van der Waals surface area contributed by atoms with Crippen LogP contribution in [0.1, 0.15) is 62.5 Å². The predicted molar refractivity (Wildman–Crippen MR) is 101 cm³/mol. The number of unbranched alkanes of at least 4 members (excludes halogenated alkanes) is 6. The zero-order valence-electron chi connectivity index (χ0n) is 15.1. The third kappa shape index (κ3) is 11.6. The maximum Gasteiger partial charge on any atom is 0.0431 e. The van der Waals surface area contributed by atoms with E-state index in [0.29, 0.717) is 13.2 Å². The van der Waals surface area contributed by atoms with Gasteiger partial charge in [0.2, 0.25) is 0 Å². The first-order valence-corrected chi connectivity index (χ1v) is 9.58. The second-order valence-corrected chi connectivity index (χ2v) is 6.45. The molecule has 0 saturated carbocycles. The van der Waals surface area contributed by atoms with Crippen molar-refractivity contribution < 1.29 is 10.2 Å². The van der Waals surface area contributed by atoms with Crippen molar-refractivity contribution in [1.29, 1.82) is 0 Å². The molecular formula is C20H36N2O2. The highest BCUT2D eigenvalue weighted by molar-refractivity contribution is 5.22. The molecular weight excluding hydrogens is 300 g/mol. The van der Waals surface area contributed by atoms with Gasteiger partial charge in [0.05, 0.1) is 0 Å². The molecule has 0 radical (unpaired) electrons. The monoisotopic (exact) mass is 336 g/mol. The largest absolute Gasteiger partial charge is 0.396 e. The van der Waals surface area contributed by atoms with Gasteiger partial charge in [-0.1, -0.05) is 49.9 Å². The molecule has 0 amide bonds. The van der Waals surface area contributed by atoms with E-state index in [1.54, 1.807) is 0 Å². The summed E-state index contributed by atoms with van der Waals surface area (Å²) in [5.41, 5.74) is 2.66. The second-order valence-electron chi connectivity index (χ2n) is 6.45. The molecule has 4 nitrogen and oxygen atoms in total. The van der Waals surface area contributed by atoms with Crippen molar-refractivity contribution in [2.24, 2.45) is 0 Å². The van der Waals surface area contributed by atoms with Crippen LogP contribution in [0, 0.1) is 0 Å². The highest BCUT2D eigenvalue weighted by Gasteiger charge is 1.96. The minimum Gasteiger partial charge on any atom is -0.396 e. The summed E-state index contributed by atoms with van der Waals surface area (Å²) >= 11 is 0. The first-order chi connectivity index (χ1) is 11.9. The summed E-state index contributed by atoms with van der Waals surface area (Å²) in [7, 11) is 0. The molecule has 0 saturated heterocycles. The van der Waals surface area contributed by atoms with Crippen molar-refractivity contribution in [2.45, 2.75) is 64.5 Å². The van der Waals surface area contributed by atoms with Crippen molar-refractivity contribution in [1.82, 2.24) is 10.6 Å². The van der Waals surface area contributed by atoms with Gasteiger partial charge in [0, 0.05) is 26.3 Å². The first kappa shape index (κ1) is 21.1. The van der Waals surface area contributed by atoms with Gasteiger partial charge in [0.15, 0.2) is 0 Å². The van der Waals surface area contributed by atoms with Crippen LogP contribution in [0.4, 0.5) is 0 Å². The minimum atomic E-state index is 0.318. The van der Waals surface area contributed by atoms with Gasteiger partial charge in [-0.3, -0.25) is 0 Å². The van der Waals surface area contributed by atoms with Gasteiger partial charge >= 0.3 is 0 Å². The normalized spacial score (nSPS) is 11.1. The average Bonchev–Trinajstić information content (AvgIpc) is 2.61. The smallest absolute Gasteiger partial charge is 0.0431 e. The van der Waals surface area contributed by atoms with Crippen molar-refractivity contribution in [2.75, 3.05) is 26.3 Å². The zero-order chi connectivity index (χ0) is 17.3. The fourth-order valence-electron chi connectivity index (χ4n) is 2.67. The summed E-state index contributed by atoms with van der Waals surface area (Å²) in [6.07, 6.45) is 8.86. The lowest BCUT2D eigenvalue weighted by molar-refractivity contribution is 0.282. The zero-order valence-corrected chi connectivity index (χ0v) is 15.1. The summed E-state index contributed by atoms with van der Waals surface area (Å²) in [5.74, 6) is 0. The molecule has 0 fully saturated rings. The minimum absolute atomic E-state index is 0.318. The second kappa shape index (κ2) is 15.6. The molecule has 0 heterocycles. The van der Waals surface area contributed by atoms with Crippen LogP contribution in [0.2, 0.25) is 0 Å². The van der Waals surface area contributed by atoms with Crippen molar-refractivity contribution in [3.63, 3.8) is 0 Å². The fraction of sp³-hybridized carbons (Fsp3) is 0.700. The maximum atomic E-state index is 8.72. The standard InChI is InChI=1S/C20H36N2O2/c23-15-7-3-1-5-13-21-17-19-9-11-20(12-10-19)18-22-14-6-2-4-8-16-24/h9-12,21-24H,1-8,13-18H2. The summed E-state index contributed by atoms with van der Waals surface area (Å²) in [5, 5.41) is 24.4. The number of nitrogens with one attached hydrogen (secondary N) is 2. The molecule has 1 aromatic rings. The molecule has 1 rings (SSSR count). The summed E-state index contributed by atoms with van der Waals surface area (Å²) in [4.78, 5) is 0. The van der Waals surface area contributed by atoms with E-state index >= 15 is 0 Å². The lowest BCUT2D eigenvalue weighted by Crippen LogP contribution is -2.16. The van der Waals surface area contributed by atoms with Crippen LogP contribution >= 0.6 is 0 Å². The van der Waals surface area contributed by atoms with Crippen LogP contribution in [0.25, 0.3) is 0 Å². The molecule has 0 unspecified atom stereocenters. The van der Waals surface area contributed by atoms with Crippen LogP contribution in [0.3, 0.4) is 0 Å². The van der Waals surface area contributed by atoms with Gasteiger partial charge in [-0.25, -0.2) is 0 Å². The summed E-state index contributed by atoms with van der Waals surface area (Å²) < 4.78 is 0. The molecule has 0 aliphatic rings. The Morgan fingerprint density at radius 1 is 0.542 bits per heavy atom. The van der Waals surface area contributed by atoms with E-state index in [-0.39, 0.29) is 0 Å². The van der Waals surface area contributed by atoms with Gasteiger partial charge in [-0.15, -0.1) is 0 Å². The van der Waals surface area contributed by atoms with Crippen LogP contribution in [0.5, 0.6) is 0 Å². The van der Waals surface area contributed by atoms with Gasteiger partial charge in [-0.2, -0.15) is 0 Å². The third-order valence-electron chi connectivity index (χ3n) is 4.20. The highest BCUT2D eigenvalue weighted by atomic mass is 16.3. The van der Waals surface area contributed by atoms with E-state index in [9.17, 15) is 0 Å². The van der Waals surface area contributed by atoms with Gasteiger partial charge in [-0.05, 0) is 49.9 Å². The average molecular weight is 337 g/mol. The van der Waals surface area contributed by atoms with E-state index < -0.39 is 0 Å². The molecule has 4 N–H and O–H groups in total. The SMILES string of the molecule is OCCCCCCNCc1ccc(CNCCCCCCO)cc1. The lowest BCUT2D eigenvalue weighted by Gasteiger charge is -2.08. The van der Waals surface area contributed by atoms with Crippen molar-refractivity contribution >= 4 is 0 Å². The van der Waals surface area contributed by atoms with Gasteiger partial charge in [0.25, 0.3) is 0 Å². The van der Waals surface area contributed by atoms with Crippen LogP contribution in [-0.2, 0) is 13.1 Å². The van der Waals surface area contributed by atoms with Crippen LogP contribution in [-0.4, -0.2) is 36.5 Å². The molecule has 0 bridgehead atoms. The topological polar surface area (TPSA) is 64.5 Å². The van der Waals surface area contributed by atoms with Gasteiger partial charge in [0.1, 0.15) is 0 Å². The summed E-state index contributed by atoms with van der Waals surface area (Å²) in [6.45, 7) is 4.59. The van der Waals surface area contributed by atoms with E-state index in [4.69, 9.17) is 10.2 Å². The maximum absolute atomic E-state index is 8.72. The molecule has 0 spiro atoms. The Morgan fingerprint density at radius 3 is 1.29 bits per heavy atom. The number of hydrogen-bond donors (Lipinski definition) is 4. The molecule has 4 heteroatoms. The Morgan fingerprint density at radius 2 is 0.917 bits per heavy atom. The molecule has 0 aliphatic carbocycles. The molecule has 0 aliphatic heterocycles. The van der Waals surface area contributed by atoms with Crippen LogP contribution < -0.4 is 10.6 Å². The van der Waals surface area contributed by atoms with E-state index in [2.05, 4.69) is 34.9 Å². The quantitative estimate of drug-likeness (QED) is 0.351. The number of aliphatic hydroxyl groups is 2. The molecule has 0 aromatic heterocycles. The predicted octanol–water partition coefficient (Wildman–Crippen LogP) is 2.97. The Balaban J connectivity index is 2.02. The summed E-state index contributed by atoms with van der Waals surface area (Å²) in [6, 6.07) is 8.82. The number of benzene rings is 1. The van der Waals surface area contributed by atoms with Gasteiger partial charge < -0.3 is 20.8 Å². The molecule has 1 aromatic carbocycles. The number of rotatable bonds is 16. The van der Waals surface area contributed by atoms with Crippen molar-refractivity contribution in [3.05, 3.63) is 35.4 Å². The number of aliphatic hydroxyl groups excluding tert-OH is 2. The third-order valence-corrected chi connectivity index (χ3v) is 4.20. The Kier molecular flexibility index (Phi) is 13.7. The van der Waals surface area contributed by atoms with E-state index in [1.807, 2.05) is 0 Å². The van der Waals surface area contributed by atoms with Crippen LogP contribution in [0.15, 0.2) is 24.3 Å². The Bertz CT molecular complexity index is 345. The molecule has 0 atom stereocenters. The Labute approximate surface area is 147 Å². The first-order valence-electron chi connectivity index (χ1n) is 9.58. The fourth-order valence-corrected chi connectivity index (χ4v) is 2.67. The lowest BCUT2D eigenvalue weighted by atomic mass is 10.1. The van der Waals surface area contributed by atoms with Crippen molar-refractivity contribution in [3.8, 4) is 0 Å². The number of hydrogen-bond acceptors (Lipinski definition) is 4. The molecule has 24 heavy (non-hydrogen) atoms. The Hall–Kier alpha value is -0.940.